The molecule has 11 nitrogen and oxygen atoms in total. The summed E-state index contributed by atoms with van der Waals surface area (Å²) in [5, 5.41) is 35.4. The number of carbonyl (C=O) groups excluding carboxylic acids is 3. The van der Waals surface area contributed by atoms with Gasteiger partial charge in [-0.15, -0.1) is 0 Å². The molecule has 0 aromatic rings. The fraction of sp³-hybridized carbons (Fsp3) is 0.765. The van der Waals surface area contributed by atoms with Gasteiger partial charge in [0.1, 0.15) is 12.1 Å². The van der Waals surface area contributed by atoms with Crippen LogP contribution in [0.2, 0.25) is 0 Å². The molecule has 7 atom stereocenters. The largest absolute Gasteiger partial charge is 0.480 e. The maximum Gasteiger partial charge on any atom is 0.328 e. The van der Waals surface area contributed by atoms with Crippen molar-refractivity contribution in [3.63, 3.8) is 0 Å². The van der Waals surface area contributed by atoms with E-state index in [0.717, 1.165) is 0 Å². The third-order valence-electron chi connectivity index (χ3n) is 4.32. The van der Waals surface area contributed by atoms with E-state index < -0.39 is 66.0 Å². The van der Waals surface area contributed by atoms with Crippen LogP contribution in [0.4, 0.5) is 0 Å². The number of aliphatic hydroxyl groups is 2. The van der Waals surface area contributed by atoms with Crippen LogP contribution >= 0.6 is 0 Å². The highest BCUT2D eigenvalue weighted by Gasteiger charge is 2.34. The Morgan fingerprint density at radius 2 is 1.18 bits per heavy atom. The van der Waals surface area contributed by atoms with Crippen LogP contribution in [-0.4, -0.2) is 75.4 Å². The molecular weight excluding hydrogens is 372 g/mol. The standard InChI is InChI=1S/C17H32N4O7/c1-6-7(2)11(15(25)21-13(10(5)23)17(27)28)19-16(26)12(9(4)22)20-14(24)8(3)18/h7-13,22-23H,6,18H2,1-5H3,(H,19,26)(H,20,24)(H,21,25)(H,27,28). The lowest BCUT2D eigenvalue weighted by Gasteiger charge is -2.29. The van der Waals surface area contributed by atoms with Gasteiger partial charge in [-0.25, -0.2) is 4.79 Å². The Morgan fingerprint density at radius 3 is 1.54 bits per heavy atom. The fourth-order valence-electron chi connectivity index (χ4n) is 2.27. The van der Waals surface area contributed by atoms with Gasteiger partial charge in [0.15, 0.2) is 6.04 Å². The number of carbonyl (C=O) groups is 4. The van der Waals surface area contributed by atoms with Crippen molar-refractivity contribution < 1.29 is 34.5 Å². The Balaban J connectivity index is 5.45. The number of hydrogen-bond donors (Lipinski definition) is 7. The number of hydrogen-bond acceptors (Lipinski definition) is 7. The highest BCUT2D eigenvalue weighted by Crippen LogP contribution is 2.10. The molecule has 0 fully saturated rings. The van der Waals surface area contributed by atoms with Crippen LogP contribution in [0, 0.1) is 5.92 Å². The maximum absolute atomic E-state index is 12.6. The van der Waals surface area contributed by atoms with Gasteiger partial charge in [-0.2, -0.15) is 0 Å². The molecule has 0 rings (SSSR count). The molecule has 0 radical (unpaired) electrons. The predicted octanol–water partition coefficient (Wildman–Crippen LogP) is -2.32. The van der Waals surface area contributed by atoms with Crippen LogP contribution in [-0.2, 0) is 19.2 Å². The average Bonchev–Trinajstić information content (AvgIpc) is 2.59. The van der Waals surface area contributed by atoms with Crippen LogP contribution in [0.15, 0.2) is 0 Å². The molecule has 3 amide bonds. The molecule has 0 aromatic carbocycles. The molecule has 8 N–H and O–H groups in total. The highest BCUT2D eigenvalue weighted by molar-refractivity contribution is 5.94. The second-order valence-corrected chi connectivity index (χ2v) is 6.95. The summed E-state index contributed by atoms with van der Waals surface area (Å²) in [4.78, 5) is 48.1. The molecule has 0 spiro atoms. The number of amides is 3. The van der Waals surface area contributed by atoms with E-state index in [1.54, 1.807) is 13.8 Å². The predicted molar refractivity (Wildman–Crippen MR) is 99.9 cm³/mol. The van der Waals surface area contributed by atoms with Crippen molar-refractivity contribution in [2.45, 2.75) is 77.4 Å². The Morgan fingerprint density at radius 1 is 0.786 bits per heavy atom. The molecule has 0 aliphatic carbocycles. The third-order valence-corrected chi connectivity index (χ3v) is 4.32. The number of aliphatic hydroxyl groups excluding tert-OH is 2. The summed E-state index contributed by atoms with van der Waals surface area (Å²) in [5.74, 6) is -4.12. The molecular formula is C17H32N4O7. The van der Waals surface area contributed by atoms with E-state index in [2.05, 4.69) is 16.0 Å². The molecule has 7 unspecified atom stereocenters. The zero-order valence-electron chi connectivity index (χ0n) is 16.8. The first-order chi connectivity index (χ1) is 12.8. The molecule has 0 saturated heterocycles. The third kappa shape index (κ3) is 7.79. The van der Waals surface area contributed by atoms with Crippen LogP contribution in [0.25, 0.3) is 0 Å². The Labute approximate surface area is 164 Å². The number of aliphatic carboxylic acids is 1. The zero-order valence-corrected chi connectivity index (χ0v) is 16.8. The normalized spacial score (nSPS) is 18.6. The van der Waals surface area contributed by atoms with Crippen LogP contribution < -0.4 is 21.7 Å². The number of carboxylic acid groups (broad SMARTS) is 1. The minimum atomic E-state index is -1.55. The first-order valence-corrected chi connectivity index (χ1v) is 9.09. The van der Waals surface area contributed by atoms with Crippen LogP contribution in [0.1, 0.15) is 41.0 Å². The Bertz CT molecular complexity index is 566. The van der Waals surface area contributed by atoms with Crippen molar-refractivity contribution >= 4 is 23.7 Å². The van der Waals surface area contributed by atoms with Crippen molar-refractivity contribution in [2.24, 2.45) is 11.7 Å². The summed E-state index contributed by atoms with van der Waals surface area (Å²) in [7, 11) is 0. The quantitative estimate of drug-likeness (QED) is 0.199. The first kappa shape index (κ1) is 25.8. The Hall–Kier alpha value is -2.24. The second-order valence-electron chi connectivity index (χ2n) is 6.95. The number of rotatable bonds is 11. The Kier molecular flexibility index (Phi) is 10.6. The topological polar surface area (TPSA) is 191 Å². The number of nitrogens with one attached hydrogen (secondary N) is 3. The van der Waals surface area contributed by atoms with E-state index in [0.29, 0.717) is 6.42 Å². The fourth-order valence-corrected chi connectivity index (χ4v) is 2.27. The van der Waals surface area contributed by atoms with Crippen molar-refractivity contribution in [2.75, 3.05) is 0 Å². The molecule has 0 saturated carbocycles. The molecule has 0 aliphatic rings. The van der Waals surface area contributed by atoms with Crippen molar-refractivity contribution in [1.29, 1.82) is 0 Å². The highest BCUT2D eigenvalue weighted by atomic mass is 16.4. The van der Waals surface area contributed by atoms with Crippen LogP contribution in [0.3, 0.4) is 0 Å². The van der Waals surface area contributed by atoms with Gasteiger partial charge in [-0.05, 0) is 26.7 Å². The first-order valence-electron chi connectivity index (χ1n) is 9.09. The van der Waals surface area contributed by atoms with E-state index in [4.69, 9.17) is 10.8 Å². The van der Waals surface area contributed by atoms with Crippen molar-refractivity contribution in [1.82, 2.24) is 16.0 Å². The number of carboxylic acids is 1. The van der Waals surface area contributed by atoms with Crippen molar-refractivity contribution in [3.8, 4) is 0 Å². The molecule has 0 heterocycles. The van der Waals surface area contributed by atoms with Gasteiger partial charge < -0.3 is 37.0 Å². The van der Waals surface area contributed by atoms with Gasteiger partial charge in [-0.3, -0.25) is 14.4 Å². The lowest BCUT2D eigenvalue weighted by Crippen LogP contribution is -2.61. The van der Waals surface area contributed by atoms with E-state index in [-0.39, 0.29) is 0 Å². The van der Waals surface area contributed by atoms with Gasteiger partial charge >= 0.3 is 5.97 Å². The van der Waals surface area contributed by atoms with E-state index in [9.17, 15) is 29.4 Å². The summed E-state index contributed by atoms with van der Waals surface area (Å²) < 4.78 is 0. The van der Waals surface area contributed by atoms with Gasteiger partial charge in [0.2, 0.25) is 17.7 Å². The SMILES string of the molecule is CCC(C)C(NC(=O)C(NC(=O)C(C)N)C(C)O)C(=O)NC(C(=O)O)C(C)O. The van der Waals surface area contributed by atoms with Crippen LogP contribution in [0.5, 0.6) is 0 Å². The van der Waals surface area contributed by atoms with Crippen molar-refractivity contribution in [3.05, 3.63) is 0 Å². The summed E-state index contributed by atoms with van der Waals surface area (Å²) in [6.45, 7) is 7.34. The minimum absolute atomic E-state index is 0.397. The summed E-state index contributed by atoms with van der Waals surface area (Å²) in [6.07, 6.45) is -2.16. The van der Waals surface area contributed by atoms with E-state index in [1.807, 2.05) is 0 Å². The van der Waals surface area contributed by atoms with Gasteiger partial charge in [0, 0.05) is 0 Å². The maximum atomic E-state index is 12.6. The molecule has 0 aliphatic heterocycles. The van der Waals surface area contributed by atoms with Gasteiger partial charge in [0.05, 0.1) is 18.2 Å². The lowest BCUT2D eigenvalue weighted by atomic mass is 9.97. The molecule has 11 heteroatoms. The smallest absolute Gasteiger partial charge is 0.328 e. The molecule has 0 bridgehead atoms. The molecule has 0 aromatic heterocycles. The second kappa shape index (κ2) is 11.6. The zero-order chi connectivity index (χ0) is 22.2. The monoisotopic (exact) mass is 404 g/mol. The van der Waals surface area contributed by atoms with E-state index in [1.165, 1.54) is 20.8 Å². The summed E-state index contributed by atoms with van der Waals surface area (Å²) >= 11 is 0. The molecule has 28 heavy (non-hydrogen) atoms. The number of nitrogens with two attached hydrogens (primary N) is 1. The summed E-state index contributed by atoms with van der Waals surface area (Å²) in [5.41, 5.74) is 5.45. The van der Waals surface area contributed by atoms with Gasteiger partial charge in [0.25, 0.3) is 0 Å². The molecule has 162 valence electrons. The lowest BCUT2D eigenvalue weighted by molar-refractivity contribution is -0.145. The van der Waals surface area contributed by atoms with Gasteiger partial charge in [-0.1, -0.05) is 20.3 Å². The van der Waals surface area contributed by atoms with E-state index >= 15 is 0 Å². The summed E-state index contributed by atoms with van der Waals surface area (Å²) in [6, 6.07) is -4.97. The minimum Gasteiger partial charge on any atom is -0.480 e. The average molecular weight is 404 g/mol.